The highest BCUT2D eigenvalue weighted by atomic mass is 16.6. The molecule has 3 N–H and O–H groups in total. The number of amides is 1. The van der Waals surface area contributed by atoms with E-state index in [0.29, 0.717) is 5.69 Å². The smallest absolute Gasteiger partial charge is 0.269 e. The van der Waals surface area contributed by atoms with Gasteiger partial charge in [-0.05, 0) is 18.1 Å². The van der Waals surface area contributed by atoms with Crippen LogP contribution in [-0.2, 0) is 4.79 Å². The van der Waals surface area contributed by atoms with E-state index in [-0.39, 0.29) is 17.5 Å². The van der Waals surface area contributed by atoms with Crippen molar-refractivity contribution < 1.29 is 9.72 Å². The van der Waals surface area contributed by atoms with Gasteiger partial charge in [-0.3, -0.25) is 14.9 Å². The third-order valence-corrected chi connectivity index (χ3v) is 2.91. The predicted octanol–water partition coefficient (Wildman–Crippen LogP) is 1.91. The monoisotopic (exact) mass is 251 g/mol. The molecule has 6 heteroatoms. The molecule has 1 amide bonds. The number of nitrogens with zero attached hydrogens (tertiary/aromatic N) is 1. The SMILES string of the molecule is CCC(C)C(N)C(=O)Nc1ccc([N+](=O)[O-])cc1. The van der Waals surface area contributed by atoms with Gasteiger partial charge in [-0.1, -0.05) is 20.3 Å². The van der Waals surface area contributed by atoms with Crippen LogP contribution >= 0.6 is 0 Å². The van der Waals surface area contributed by atoms with Crippen LogP contribution in [0.5, 0.6) is 0 Å². The number of nitrogens with one attached hydrogen (secondary N) is 1. The number of nitro groups is 1. The average molecular weight is 251 g/mol. The Morgan fingerprint density at radius 1 is 1.44 bits per heavy atom. The number of benzene rings is 1. The summed E-state index contributed by atoms with van der Waals surface area (Å²) in [6.07, 6.45) is 0.814. The van der Waals surface area contributed by atoms with E-state index in [1.165, 1.54) is 24.3 Å². The Labute approximate surface area is 105 Å². The standard InChI is InChI=1S/C12H17N3O3/c1-3-8(2)11(13)12(16)14-9-4-6-10(7-5-9)15(17)18/h4-8,11H,3,13H2,1-2H3,(H,14,16). The van der Waals surface area contributed by atoms with Gasteiger partial charge in [0.25, 0.3) is 5.69 Å². The Balaban J connectivity index is 2.67. The van der Waals surface area contributed by atoms with Crippen molar-refractivity contribution in [2.75, 3.05) is 5.32 Å². The summed E-state index contributed by atoms with van der Waals surface area (Å²) in [4.78, 5) is 21.7. The second-order valence-corrected chi connectivity index (χ2v) is 4.20. The topological polar surface area (TPSA) is 98.3 Å². The maximum Gasteiger partial charge on any atom is 0.269 e. The highest BCUT2D eigenvalue weighted by Gasteiger charge is 2.19. The third-order valence-electron chi connectivity index (χ3n) is 2.91. The van der Waals surface area contributed by atoms with Gasteiger partial charge in [0.2, 0.25) is 5.91 Å². The number of carbonyl (C=O) groups excluding carboxylic acids is 1. The molecule has 18 heavy (non-hydrogen) atoms. The molecule has 1 aromatic carbocycles. The minimum atomic E-state index is -0.579. The maximum atomic E-state index is 11.8. The third kappa shape index (κ3) is 3.53. The zero-order chi connectivity index (χ0) is 13.7. The summed E-state index contributed by atoms with van der Waals surface area (Å²) in [5.74, 6) is -0.193. The van der Waals surface area contributed by atoms with E-state index in [4.69, 9.17) is 5.73 Å². The maximum absolute atomic E-state index is 11.8. The molecule has 2 atom stereocenters. The molecule has 2 unspecified atom stereocenters. The molecule has 6 nitrogen and oxygen atoms in total. The number of nitrogens with two attached hydrogens (primary N) is 1. The van der Waals surface area contributed by atoms with Crippen LogP contribution in [0.1, 0.15) is 20.3 Å². The first-order valence-electron chi connectivity index (χ1n) is 5.76. The quantitative estimate of drug-likeness (QED) is 0.616. The van der Waals surface area contributed by atoms with E-state index in [1.807, 2.05) is 13.8 Å². The van der Waals surface area contributed by atoms with E-state index < -0.39 is 11.0 Å². The molecule has 0 fully saturated rings. The number of carbonyl (C=O) groups is 1. The second kappa shape index (κ2) is 6.11. The first-order chi connectivity index (χ1) is 8.45. The number of hydrogen-bond acceptors (Lipinski definition) is 4. The summed E-state index contributed by atoms with van der Waals surface area (Å²) >= 11 is 0. The molecule has 1 aromatic rings. The van der Waals surface area contributed by atoms with Crippen LogP contribution in [0.4, 0.5) is 11.4 Å². The number of hydrogen-bond donors (Lipinski definition) is 2. The molecule has 98 valence electrons. The Bertz CT molecular complexity index is 431. The van der Waals surface area contributed by atoms with Crippen molar-refractivity contribution in [2.24, 2.45) is 11.7 Å². The molecule has 0 saturated heterocycles. The largest absolute Gasteiger partial charge is 0.325 e. The summed E-state index contributed by atoms with van der Waals surface area (Å²) in [6.45, 7) is 3.86. The molecule has 0 bridgehead atoms. The van der Waals surface area contributed by atoms with Crippen LogP contribution in [0.15, 0.2) is 24.3 Å². The van der Waals surface area contributed by atoms with Gasteiger partial charge in [-0.25, -0.2) is 0 Å². The first-order valence-corrected chi connectivity index (χ1v) is 5.76. The van der Waals surface area contributed by atoms with Gasteiger partial charge in [-0.15, -0.1) is 0 Å². The first kappa shape index (κ1) is 14.1. The number of nitro benzene ring substituents is 1. The molecule has 0 saturated carbocycles. The van der Waals surface area contributed by atoms with E-state index in [1.54, 1.807) is 0 Å². The molecule has 0 aliphatic rings. The second-order valence-electron chi connectivity index (χ2n) is 4.20. The van der Waals surface area contributed by atoms with Gasteiger partial charge in [-0.2, -0.15) is 0 Å². The fourth-order valence-corrected chi connectivity index (χ4v) is 1.40. The lowest BCUT2D eigenvalue weighted by atomic mass is 9.99. The van der Waals surface area contributed by atoms with Gasteiger partial charge < -0.3 is 11.1 Å². The van der Waals surface area contributed by atoms with Crippen LogP contribution < -0.4 is 11.1 Å². The Morgan fingerprint density at radius 2 is 2.00 bits per heavy atom. The van der Waals surface area contributed by atoms with E-state index in [0.717, 1.165) is 6.42 Å². The Hall–Kier alpha value is -1.95. The van der Waals surface area contributed by atoms with E-state index >= 15 is 0 Å². The van der Waals surface area contributed by atoms with Crippen molar-refractivity contribution in [3.63, 3.8) is 0 Å². The normalized spacial score (nSPS) is 13.7. The zero-order valence-electron chi connectivity index (χ0n) is 10.4. The number of non-ortho nitro benzene ring substituents is 1. The zero-order valence-corrected chi connectivity index (χ0v) is 10.4. The lowest BCUT2D eigenvalue weighted by Gasteiger charge is -2.17. The fourth-order valence-electron chi connectivity index (χ4n) is 1.40. The highest BCUT2D eigenvalue weighted by molar-refractivity contribution is 5.94. The van der Waals surface area contributed by atoms with E-state index in [2.05, 4.69) is 5.32 Å². The van der Waals surface area contributed by atoms with Crippen molar-refractivity contribution in [1.29, 1.82) is 0 Å². The molecule has 0 heterocycles. The lowest BCUT2D eigenvalue weighted by Crippen LogP contribution is -2.40. The number of rotatable bonds is 5. The van der Waals surface area contributed by atoms with Gasteiger partial charge >= 0.3 is 0 Å². The van der Waals surface area contributed by atoms with Crippen molar-refractivity contribution in [3.8, 4) is 0 Å². The highest BCUT2D eigenvalue weighted by Crippen LogP contribution is 2.16. The minimum Gasteiger partial charge on any atom is -0.325 e. The van der Waals surface area contributed by atoms with Crippen LogP contribution in [-0.4, -0.2) is 16.9 Å². The summed E-state index contributed by atoms with van der Waals surface area (Å²) in [7, 11) is 0. The molecule has 0 aliphatic carbocycles. The summed E-state index contributed by atoms with van der Waals surface area (Å²) < 4.78 is 0. The molecular formula is C12H17N3O3. The lowest BCUT2D eigenvalue weighted by molar-refractivity contribution is -0.384. The van der Waals surface area contributed by atoms with Gasteiger partial charge in [0.1, 0.15) is 0 Å². The Kier molecular flexibility index (Phi) is 4.79. The average Bonchev–Trinajstić information content (AvgIpc) is 2.37. The van der Waals surface area contributed by atoms with E-state index in [9.17, 15) is 14.9 Å². The Morgan fingerprint density at radius 3 is 2.44 bits per heavy atom. The van der Waals surface area contributed by atoms with Crippen molar-refractivity contribution in [3.05, 3.63) is 34.4 Å². The van der Waals surface area contributed by atoms with Crippen LogP contribution in [0.3, 0.4) is 0 Å². The van der Waals surface area contributed by atoms with Crippen molar-refractivity contribution >= 4 is 17.3 Å². The fraction of sp³-hybridized carbons (Fsp3) is 0.417. The predicted molar refractivity (Wildman–Crippen MR) is 69.2 cm³/mol. The van der Waals surface area contributed by atoms with Gasteiger partial charge in [0.15, 0.2) is 0 Å². The van der Waals surface area contributed by atoms with Crippen molar-refractivity contribution in [1.82, 2.24) is 0 Å². The molecule has 0 aliphatic heterocycles. The molecule has 0 radical (unpaired) electrons. The van der Waals surface area contributed by atoms with Crippen LogP contribution in [0.25, 0.3) is 0 Å². The van der Waals surface area contributed by atoms with Gasteiger partial charge in [0.05, 0.1) is 11.0 Å². The van der Waals surface area contributed by atoms with Crippen LogP contribution in [0.2, 0.25) is 0 Å². The summed E-state index contributed by atoms with van der Waals surface area (Å²) in [6, 6.07) is 5.07. The summed E-state index contributed by atoms with van der Waals surface area (Å²) in [5, 5.41) is 13.1. The molecule has 0 aromatic heterocycles. The summed E-state index contributed by atoms with van der Waals surface area (Å²) in [5.41, 5.74) is 6.27. The molecule has 1 rings (SSSR count). The molecular weight excluding hydrogens is 234 g/mol. The number of anilines is 1. The van der Waals surface area contributed by atoms with Crippen LogP contribution in [0, 0.1) is 16.0 Å². The minimum absolute atomic E-state index is 0.0146. The van der Waals surface area contributed by atoms with Crippen molar-refractivity contribution in [2.45, 2.75) is 26.3 Å². The van der Waals surface area contributed by atoms with Gasteiger partial charge in [0, 0.05) is 17.8 Å². The molecule has 0 spiro atoms.